The average molecular weight is 766 g/mol. The minimum absolute atomic E-state index is 0.843. The van der Waals surface area contributed by atoms with Gasteiger partial charge in [-0.1, -0.05) is 170 Å². The first-order valence-corrected chi connectivity index (χ1v) is 20.5. The van der Waals surface area contributed by atoms with Crippen LogP contribution in [0.1, 0.15) is 0 Å². The SMILES string of the molecule is c1ccc(-c2ccc(N(c3ccc(-c4ccccc4)cc3)c3ccc(-c4ccc5c(c4)Oc4cccc(-c6ccccc6)c4-c4cc6ccccc6cc4-5)cc3)cc2)cc1. The van der Waals surface area contributed by atoms with E-state index in [4.69, 9.17) is 4.74 Å². The maximum Gasteiger partial charge on any atom is 0.135 e. The Bertz CT molecular complexity index is 3040. The summed E-state index contributed by atoms with van der Waals surface area (Å²) in [5.41, 5.74) is 17.1. The number of hydrogen-bond acceptors (Lipinski definition) is 2. The Labute approximate surface area is 350 Å². The van der Waals surface area contributed by atoms with Crippen molar-refractivity contribution in [3.05, 3.63) is 237 Å². The van der Waals surface area contributed by atoms with Crippen LogP contribution in [0, 0.1) is 0 Å². The van der Waals surface area contributed by atoms with Gasteiger partial charge in [-0.05, 0) is 133 Å². The molecule has 0 aromatic heterocycles. The largest absolute Gasteiger partial charge is 0.456 e. The van der Waals surface area contributed by atoms with Gasteiger partial charge in [-0.3, -0.25) is 0 Å². The average Bonchev–Trinajstić information content (AvgIpc) is 3.46. The van der Waals surface area contributed by atoms with Gasteiger partial charge in [-0.15, -0.1) is 0 Å². The molecule has 0 unspecified atom stereocenters. The van der Waals surface area contributed by atoms with Gasteiger partial charge in [-0.25, -0.2) is 0 Å². The second kappa shape index (κ2) is 15.1. The maximum atomic E-state index is 6.99. The van der Waals surface area contributed by atoms with Crippen LogP contribution in [0.5, 0.6) is 11.5 Å². The summed E-state index contributed by atoms with van der Waals surface area (Å²) in [6, 6.07) is 84.6. The van der Waals surface area contributed by atoms with Crippen molar-refractivity contribution >= 4 is 27.8 Å². The summed E-state index contributed by atoms with van der Waals surface area (Å²) < 4.78 is 6.99. The molecule has 11 rings (SSSR count). The summed E-state index contributed by atoms with van der Waals surface area (Å²) in [6.45, 7) is 0. The van der Waals surface area contributed by atoms with Crippen LogP contribution in [0.25, 0.3) is 77.5 Å². The Morgan fingerprint density at radius 2 is 0.683 bits per heavy atom. The van der Waals surface area contributed by atoms with Crippen LogP contribution in [0.4, 0.5) is 17.1 Å². The van der Waals surface area contributed by atoms with E-state index in [0.717, 1.165) is 61.9 Å². The van der Waals surface area contributed by atoms with Crippen LogP contribution >= 0.6 is 0 Å². The zero-order valence-electron chi connectivity index (χ0n) is 32.9. The van der Waals surface area contributed by atoms with Gasteiger partial charge in [0.15, 0.2) is 0 Å². The molecule has 0 bridgehead atoms. The van der Waals surface area contributed by atoms with Gasteiger partial charge in [0, 0.05) is 28.2 Å². The predicted octanol–water partition coefficient (Wildman–Crippen LogP) is 16.4. The number of rotatable bonds is 7. The van der Waals surface area contributed by atoms with Crippen molar-refractivity contribution in [2.45, 2.75) is 0 Å². The molecule has 0 spiro atoms. The van der Waals surface area contributed by atoms with Crippen molar-refractivity contribution in [2.24, 2.45) is 0 Å². The lowest BCUT2D eigenvalue weighted by atomic mass is 9.87. The molecule has 2 nitrogen and oxygen atoms in total. The van der Waals surface area contributed by atoms with Gasteiger partial charge < -0.3 is 9.64 Å². The van der Waals surface area contributed by atoms with Gasteiger partial charge in [-0.2, -0.15) is 0 Å². The van der Waals surface area contributed by atoms with Gasteiger partial charge in [0.2, 0.25) is 0 Å². The van der Waals surface area contributed by atoms with Gasteiger partial charge in [0.05, 0.1) is 0 Å². The molecule has 2 heteroatoms. The number of benzene rings is 10. The number of nitrogens with zero attached hydrogens (tertiary/aromatic N) is 1. The van der Waals surface area contributed by atoms with Crippen molar-refractivity contribution in [1.29, 1.82) is 0 Å². The number of fused-ring (bicyclic) bond motifs is 6. The van der Waals surface area contributed by atoms with Crippen molar-refractivity contribution in [1.82, 2.24) is 0 Å². The van der Waals surface area contributed by atoms with Gasteiger partial charge in [0.25, 0.3) is 0 Å². The summed E-state index contributed by atoms with van der Waals surface area (Å²) in [7, 11) is 0. The van der Waals surface area contributed by atoms with Crippen molar-refractivity contribution in [3.8, 4) is 78.3 Å². The van der Waals surface area contributed by atoms with Crippen molar-refractivity contribution in [3.63, 3.8) is 0 Å². The summed E-state index contributed by atoms with van der Waals surface area (Å²) in [5.74, 6) is 1.70. The monoisotopic (exact) mass is 765 g/mol. The van der Waals surface area contributed by atoms with E-state index in [1.165, 1.54) is 44.2 Å². The second-order valence-corrected chi connectivity index (χ2v) is 15.3. The quantitative estimate of drug-likeness (QED) is 0.160. The number of anilines is 3. The molecule has 10 aromatic rings. The molecule has 282 valence electrons. The Morgan fingerprint density at radius 1 is 0.250 bits per heavy atom. The highest BCUT2D eigenvalue weighted by Gasteiger charge is 2.25. The first-order valence-electron chi connectivity index (χ1n) is 20.5. The zero-order valence-corrected chi connectivity index (χ0v) is 32.9. The van der Waals surface area contributed by atoms with E-state index in [1.54, 1.807) is 0 Å². The molecular formula is C58H39NO. The maximum absolute atomic E-state index is 6.99. The zero-order chi connectivity index (χ0) is 39.8. The molecule has 10 aromatic carbocycles. The van der Waals surface area contributed by atoms with E-state index < -0.39 is 0 Å². The van der Waals surface area contributed by atoms with Crippen LogP contribution in [0.15, 0.2) is 237 Å². The predicted molar refractivity (Wildman–Crippen MR) is 251 cm³/mol. The van der Waals surface area contributed by atoms with Crippen LogP contribution in [-0.2, 0) is 0 Å². The van der Waals surface area contributed by atoms with E-state index in [1.807, 2.05) is 0 Å². The lowest BCUT2D eigenvalue weighted by Crippen LogP contribution is -2.09. The standard InChI is InChI=1S/C58H39NO/c1-4-13-40(14-5-1)42-23-30-49(31-24-42)59(50-32-25-43(26-33-50)41-15-6-2-7-16-41)51-34-27-44(28-35-51)48-29-36-53-54-37-46-19-10-11-20-47(46)38-55(54)58-52(45-17-8-3-9-18-45)21-12-22-56(58)60-57(53)39-48/h1-39H. The molecule has 1 aliphatic rings. The van der Waals surface area contributed by atoms with E-state index in [9.17, 15) is 0 Å². The van der Waals surface area contributed by atoms with E-state index >= 15 is 0 Å². The topological polar surface area (TPSA) is 12.5 Å². The molecular weight excluding hydrogens is 727 g/mol. The third-order valence-corrected chi connectivity index (χ3v) is 11.7. The molecule has 1 aliphatic heterocycles. The van der Waals surface area contributed by atoms with Crippen molar-refractivity contribution < 1.29 is 4.74 Å². The first-order chi connectivity index (χ1) is 29.7. The molecule has 0 amide bonds. The molecule has 0 aliphatic carbocycles. The third-order valence-electron chi connectivity index (χ3n) is 11.7. The summed E-state index contributed by atoms with van der Waals surface area (Å²) in [6.07, 6.45) is 0. The molecule has 60 heavy (non-hydrogen) atoms. The third kappa shape index (κ3) is 6.51. The van der Waals surface area contributed by atoms with E-state index in [0.29, 0.717) is 0 Å². The molecule has 0 saturated carbocycles. The fraction of sp³-hybridized carbons (Fsp3) is 0. The van der Waals surface area contributed by atoms with Crippen LogP contribution < -0.4 is 9.64 Å². The normalized spacial score (nSPS) is 11.5. The van der Waals surface area contributed by atoms with Gasteiger partial charge >= 0.3 is 0 Å². The summed E-state index contributed by atoms with van der Waals surface area (Å²) in [4.78, 5) is 2.33. The summed E-state index contributed by atoms with van der Waals surface area (Å²) >= 11 is 0. The van der Waals surface area contributed by atoms with Crippen LogP contribution in [0.3, 0.4) is 0 Å². The number of hydrogen-bond donors (Lipinski definition) is 0. The lowest BCUT2D eigenvalue weighted by molar-refractivity contribution is 0.488. The molecule has 0 radical (unpaired) electrons. The first kappa shape index (κ1) is 35.2. The van der Waals surface area contributed by atoms with Gasteiger partial charge in [0.1, 0.15) is 11.5 Å². The molecule has 1 heterocycles. The Hall–Kier alpha value is -7.94. The highest BCUT2D eigenvalue weighted by atomic mass is 16.5. The lowest BCUT2D eigenvalue weighted by Gasteiger charge is -2.26. The van der Waals surface area contributed by atoms with Crippen molar-refractivity contribution in [2.75, 3.05) is 4.90 Å². The molecule has 0 N–H and O–H groups in total. The molecule has 0 fully saturated rings. The minimum atomic E-state index is 0.843. The van der Waals surface area contributed by atoms with E-state index in [-0.39, 0.29) is 0 Å². The highest BCUT2D eigenvalue weighted by Crippen LogP contribution is 2.52. The minimum Gasteiger partial charge on any atom is -0.456 e. The molecule has 0 atom stereocenters. The molecule has 0 saturated heterocycles. The van der Waals surface area contributed by atoms with Crippen LogP contribution in [-0.4, -0.2) is 0 Å². The Kier molecular flexibility index (Phi) is 8.87. The Balaban J connectivity index is 0.986. The smallest absolute Gasteiger partial charge is 0.135 e. The highest BCUT2D eigenvalue weighted by molar-refractivity contribution is 6.03. The second-order valence-electron chi connectivity index (χ2n) is 15.3. The Morgan fingerprint density at radius 3 is 1.22 bits per heavy atom. The van der Waals surface area contributed by atoms with Crippen LogP contribution in [0.2, 0.25) is 0 Å². The summed E-state index contributed by atoms with van der Waals surface area (Å²) in [5, 5.41) is 2.41. The fourth-order valence-electron chi connectivity index (χ4n) is 8.67. The fourth-order valence-corrected chi connectivity index (χ4v) is 8.67. The number of ether oxygens (including phenoxy) is 1. The van der Waals surface area contributed by atoms with E-state index in [2.05, 4.69) is 241 Å².